The van der Waals surface area contributed by atoms with Crippen LogP contribution in [0.4, 0.5) is 0 Å². The highest BCUT2D eigenvalue weighted by Crippen LogP contribution is 2.28. The van der Waals surface area contributed by atoms with Gasteiger partial charge in [0.15, 0.2) is 6.29 Å². The van der Waals surface area contributed by atoms with E-state index in [0.717, 1.165) is 23.5 Å². The first kappa shape index (κ1) is 39.9. The molecule has 16 heteroatoms. The van der Waals surface area contributed by atoms with Gasteiger partial charge in [-0.15, -0.1) is 23.5 Å². The van der Waals surface area contributed by atoms with Crippen molar-refractivity contribution in [2.75, 3.05) is 31.8 Å². The van der Waals surface area contributed by atoms with Gasteiger partial charge < -0.3 is 37.5 Å². The smallest absolute Gasteiger partial charge is 0.258 e. The molecule has 3 atom stereocenters. The number of amides is 6. The molecule has 14 nitrogen and oxygen atoms in total. The molecule has 0 aromatic carbocycles. The van der Waals surface area contributed by atoms with Gasteiger partial charge in [0.1, 0.15) is 17.6 Å². The van der Waals surface area contributed by atoms with E-state index in [1.165, 1.54) is 7.05 Å². The second-order valence-corrected chi connectivity index (χ2v) is 13.5. The third kappa shape index (κ3) is 13.4. The van der Waals surface area contributed by atoms with Crippen molar-refractivity contribution in [3.05, 3.63) is 9.81 Å². The third-order valence-electron chi connectivity index (χ3n) is 7.25. The highest BCUT2D eigenvalue weighted by atomic mass is 32.2. The average Bonchev–Trinajstić information content (AvgIpc) is 2.99. The Kier molecular flexibility index (Phi) is 17.8. The van der Waals surface area contributed by atoms with E-state index in [1.54, 1.807) is 6.92 Å². The zero-order chi connectivity index (χ0) is 34.2. The van der Waals surface area contributed by atoms with E-state index in [9.17, 15) is 33.6 Å². The molecule has 1 heterocycles. The quantitative estimate of drug-likeness (QED) is 0.0754. The van der Waals surface area contributed by atoms with Gasteiger partial charge in [-0.25, -0.2) is 0 Å². The van der Waals surface area contributed by atoms with Gasteiger partial charge in [-0.1, -0.05) is 34.1 Å². The summed E-state index contributed by atoms with van der Waals surface area (Å²) in [6.45, 7) is 7.87. The Balaban J connectivity index is 3.07. The number of hydrogen-bond donors (Lipinski definition) is 6. The number of likely N-dealkylation sites (N-methyl/N-ethyl adjacent to an activating group) is 1. The summed E-state index contributed by atoms with van der Waals surface area (Å²) in [5.41, 5.74) is 9.33. The minimum Gasteiger partial charge on any atom is -0.381 e. The number of ether oxygens (including phenoxy) is 1. The first-order chi connectivity index (χ1) is 21.2. The van der Waals surface area contributed by atoms with Crippen molar-refractivity contribution < 1.29 is 38.3 Å². The second kappa shape index (κ2) is 20.1. The molecule has 1 fully saturated rings. The van der Waals surface area contributed by atoms with Crippen molar-refractivity contribution in [3.8, 4) is 0 Å². The van der Waals surface area contributed by atoms with Crippen LogP contribution < -0.4 is 32.7 Å². The lowest BCUT2D eigenvalue weighted by Gasteiger charge is -2.38. The fourth-order valence-electron chi connectivity index (χ4n) is 4.46. The standard InChI is InChI=1S/C29H48N6O8S2/c1-6-18(4)23(25(31)39)34-26(40)19(15-17(2)3)33-28(42)29(9-11-43-12-10-29)35-22(38)8-14-45-24(27(41)32-5)20(16-36)44-13-7-21(30)37/h16-19,23H,6-15H2,1-5H3,(H2,30,37)(H2,31,39)(H,32,41)(H,33,42)(H,34,40)(H,35,38)/b24-20-/t18-,19-,23-/m0/s1. The molecule has 8 N–H and O–H groups in total. The van der Waals surface area contributed by atoms with Crippen LogP contribution >= 0.6 is 23.5 Å². The summed E-state index contributed by atoms with van der Waals surface area (Å²) < 4.78 is 5.45. The van der Waals surface area contributed by atoms with Gasteiger partial charge in [0.25, 0.3) is 5.91 Å². The molecule has 45 heavy (non-hydrogen) atoms. The minimum atomic E-state index is -1.35. The van der Waals surface area contributed by atoms with Crippen LogP contribution in [-0.2, 0) is 38.3 Å². The van der Waals surface area contributed by atoms with Gasteiger partial charge in [0.2, 0.25) is 29.5 Å². The molecule has 254 valence electrons. The molecule has 0 saturated carbocycles. The van der Waals surface area contributed by atoms with Gasteiger partial charge in [-0.05, 0) is 18.3 Å². The normalized spacial score (nSPS) is 16.8. The van der Waals surface area contributed by atoms with Crippen LogP contribution in [0.25, 0.3) is 0 Å². The summed E-state index contributed by atoms with van der Waals surface area (Å²) in [5, 5.41) is 10.8. The fraction of sp³-hybridized carbons (Fsp3) is 0.690. The second-order valence-electron chi connectivity index (χ2n) is 11.2. The Bertz CT molecular complexity index is 1110. The van der Waals surface area contributed by atoms with Crippen LogP contribution in [0, 0.1) is 11.8 Å². The van der Waals surface area contributed by atoms with E-state index < -0.39 is 53.1 Å². The predicted octanol–water partition coefficient (Wildman–Crippen LogP) is 0.0873. The molecule has 0 bridgehead atoms. The van der Waals surface area contributed by atoms with Gasteiger partial charge in [0.05, 0.1) is 9.81 Å². The molecular formula is C29H48N6O8S2. The van der Waals surface area contributed by atoms with E-state index in [1.807, 2.05) is 20.8 Å². The molecule has 1 aliphatic rings. The molecular weight excluding hydrogens is 624 g/mol. The lowest BCUT2D eigenvalue weighted by atomic mass is 9.87. The number of nitrogens with one attached hydrogen (secondary N) is 4. The Hall–Kier alpha value is -3.11. The molecule has 0 radical (unpaired) electrons. The molecule has 1 aliphatic heterocycles. The van der Waals surface area contributed by atoms with Crippen molar-refractivity contribution in [3.63, 3.8) is 0 Å². The number of aldehydes is 1. The number of thioether (sulfide) groups is 2. The van der Waals surface area contributed by atoms with Crippen LogP contribution in [0.1, 0.15) is 66.2 Å². The van der Waals surface area contributed by atoms with Crippen molar-refractivity contribution in [1.29, 1.82) is 0 Å². The third-order valence-corrected chi connectivity index (χ3v) is 9.50. The lowest BCUT2D eigenvalue weighted by molar-refractivity contribution is -0.140. The molecule has 0 aromatic heterocycles. The Morgan fingerprint density at radius 2 is 1.58 bits per heavy atom. The minimum absolute atomic E-state index is 0.0155. The average molecular weight is 673 g/mol. The summed E-state index contributed by atoms with van der Waals surface area (Å²) in [7, 11) is 1.41. The highest BCUT2D eigenvalue weighted by molar-refractivity contribution is 8.07. The Labute approximate surface area is 273 Å². The zero-order valence-electron chi connectivity index (χ0n) is 26.7. The number of rotatable bonds is 20. The predicted molar refractivity (Wildman–Crippen MR) is 173 cm³/mol. The first-order valence-corrected chi connectivity index (χ1v) is 16.9. The number of nitrogens with two attached hydrogens (primary N) is 2. The summed E-state index contributed by atoms with van der Waals surface area (Å²) in [6.07, 6.45) is 1.67. The lowest BCUT2D eigenvalue weighted by Crippen LogP contribution is -2.64. The maximum atomic E-state index is 13.8. The highest BCUT2D eigenvalue weighted by Gasteiger charge is 2.43. The monoisotopic (exact) mass is 672 g/mol. The molecule has 0 spiro atoms. The van der Waals surface area contributed by atoms with Crippen LogP contribution in [0.15, 0.2) is 9.81 Å². The van der Waals surface area contributed by atoms with Crippen molar-refractivity contribution in [1.82, 2.24) is 21.3 Å². The molecule has 1 saturated heterocycles. The number of carbonyl (C=O) groups is 7. The van der Waals surface area contributed by atoms with Crippen LogP contribution in [0.5, 0.6) is 0 Å². The van der Waals surface area contributed by atoms with Gasteiger partial charge >= 0.3 is 0 Å². The van der Waals surface area contributed by atoms with Crippen LogP contribution in [0.2, 0.25) is 0 Å². The van der Waals surface area contributed by atoms with E-state index in [2.05, 4.69) is 21.3 Å². The summed E-state index contributed by atoms with van der Waals surface area (Å²) in [4.78, 5) is 87.6. The molecule has 0 aliphatic carbocycles. The SMILES string of the molecule is CC[C@H](C)[C@H](NC(=O)[C@H](CC(C)C)NC(=O)C1(NC(=O)CCS/C(C(=O)NC)=C(/C=O)SCCC(N)=O)CCOCC1)C(N)=O. The zero-order valence-corrected chi connectivity index (χ0v) is 28.3. The number of primary amides is 2. The van der Waals surface area contributed by atoms with Gasteiger partial charge in [0, 0.05) is 57.5 Å². The molecule has 1 rings (SSSR count). The van der Waals surface area contributed by atoms with E-state index in [-0.39, 0.29) is 78.5 Å². The molecule has 6 amide bonds. The Morgan fingerprint density at radius 1 is 0.956 bits per heavy atom. The number of carbonyl (C=O) groups excluding carboxylic acids is 7. The van der Waals surface area contributed by atoms with Crippen LogP contribution in [0.3, 0.4) is 0 Å². The number of hydrogen-bond acceptors (Lipinski definition) is 10. The Morgan fingerprint density at radius 3 is 2.09 bits per heavy atom. The van der Waals surface area contributed by atoms with E-state index in [4.69, 9.17) is 16.2 Å². The van der Waals surface area contributed by atoms with Crippen molar-refractivity contribution >= 4 is 65.3 Å². The van der Waals surface area contributed by atoms with E-state index >= 15 is 0 Å². The maximum absolute atomic E-state index is 13.8. The van der Waals surface area contributed by atoms with Crippen molar-refractivity contribution in [2.24, 2.45) is 23.3 Å². The van der Waals surface area contributed by atoms with Crippen LogP contribution in [-0.4, -0.2) is 91.1 Å². The molecule has 0 unspecified atom stereocenters. The fourth-order valence-corrected chi connectivity index (χ4v) is 6.55. The first-order valence-electron chi connectivity index (χ1n) is 15.0. The summed E-state index contributed by atoms with van der Waals surface area (Å²) in [6, 6.07) is -1.89. The van der Waals surface area contributed by atoms with E-state index in [0.29, 0.717) is 12.7 Å². The summed E-state index contributed by atoms with van der Waals surface area (Å²) >= 11 is 2.01. The van der Waals surface area contributed by atoms with Gasteiger partial charge in [-0.3, -0.25) is 33.6 Å². The van der Waals surface area contributed by atoms with Crippen molar-refractivity contribution in [2.45, 2.75) is 83.8 Å². The number of allylic oxidation sites excluding steroid dienone is 1. The molecule has 0 aromatic rings. The maximum Gasteiger partial charge on any atom is 0.258 e. The topological polar surface area (TPSA) is 229 Å². The summed E-state index contributed by atoms with van der Waals surface area (Å²) in [5.74, 6) is -3.17. The van der Waals surface area contributed by atoms with Gasteiger partial charge in [-0.2, -0.15) is 0 Å². The largest absolute Gasteiger partial charge is 0.381 e.